The van der Waals surface area contributed by atoms with Gasteiger partial charge in [-0.2, -0.15) is 0 Å². The number of nitrogens with zero attached hydrogens (tertiary/aromatic N) is 2. The summed E-state index contributed by atoms with van der Waals surface area (Å²) >= 11 is 6.08. The molecule has 0 saturated heterocycles. The fourth-order valence-electron chi connectivity index (χ4n) is 4.85. The van der Waals surface area contributed by atoms with Gasteiger partial charge >= 0.3 is 0 Å². The summed E-state index contributed by atoms with van der Waals surface area (Å²) in [6, 6.07) is 21.7. The standard InChI is InChI=1S/C32H38ClN5O3/c1-38(22-27(23-9-4-2-5-10-23)24-11-6-3-7-12-24)32(40)28(13-8-18-34)35-19-20-36-31(39)29-21-30(41-37-29)25-14-16-26(33)17-15-25/h2-7,9-12,14-16,21,26-28,35H,8,13,17-20,22,34H2,1H3,(H,36,39)/t26?,28-/m0/s1. The average molecular weight is 576 g/mol. The lowest BCUT2D eigenvalue weighted by Crippen LogP contribution is -2.48. The molecule has 0 bridgehead atoms. The number of likely N-dealkylation sites (N-methyl/N-ethyl adjacent to an activating group) is 1. The summed E-state index contributed by atoms with van der Waals surface area (Å²) in [4.78, 5) is 28.0. The van der Waals surface area contributed by atoms with Crippen LogP contribution in [0.5, 0.6) is 0 Å². The molecule has 0 radical (unpaired) electrons. The number of benzene rings is 2. The van der Waals surface area contributed by atoms with Gasteiger partial charge in [-0.25, -0.2) is 0 Å². The molecule has 1 heterocycles. The number of nitrogens with two attached hydrogens (primary N) is 1. The topological polar surface area (TPSA) is 113 Å². The van der Waals surface area contributed by atoms with Crippen LogP contribution in [0, 0.1) is 0 Å². The van der Waals surface area contributed by atoms with Gasteiger partial charge in [0, 0.05) is 44.2 Å². The Labute approximate surface area is 246 Å². The Morgan fingerprint density at radius 1 is 1.10 bits per heavy atom. The van der Waals surface area contributed by atoms with Crippen molar-refractivity contribution >= 4 is 29.0 Å². The van der Waals surface area contributed by atoms with Gasteiger partial charge in [-0.05, 0) is 36.9 Å². The summed E-state index contributed by atoms with van der Waals surface area (Å²) in [5.41, 5.74) is 9.13. The van der Waals surface area contributed by atoms with Crippen LogP contribution >= 0.6 is 11.6 Å². The SMILES string of the molecule is CN(CC(c1ccccc1)c1ccccc1)C(=O)[C@H](CCCN)NCCNC(=O)c1cc(C2=CCC(Cl)C=C2)on1. The highest BCUT2D eigenvalue weighted by Crippen LogP contribution is 2.26. The molecule has 2 aromatic carbocycles. The van der Waals surface area contributed by atoms with Crippen LogP contribution in [-0.2, 0) is 4.79 Å². The lowest BCUT2D eigenvalue weighted by atomic mass is 9.90. The zero-order valence-electron chi connectivity index (χ0n) is 23.3. The summed E-state index contributed by atoms with van der Waals surface area (Å²) in [5.74, 6) is 0.223. The van der Waals surface area contributed by atoms with Crippen LogP contribution < -0.4 is 16.4 Å². The van der Waals surface area contributed by atoms with Crippen LogP contribution in [0.4, 0.5) is 0 Å². The van der Waals surface area contributed by atoms with Crippen molar-refractivity contribution in [3.63, 3.8) is 0 Å². The second kappa shape index (κ2) is 15.3. The Morgan fingerprint density at radius 2 is 1.78 bits per heavy atom. The van der Waals surface area contributed by atoms with E-state index in [9.17, 15) is 9.59 Å². The molecule has 9 heteroatoms. The maximum absolute atomic E-state index is 13.6. The zero-order chi connectivity index (χ0) is 29.0. The van der Waals surface area contributed by atoms with Gasteiger partial charge < -0.3 is 25.8 Å². The molecule has 0 aliphatic heterocycles. The number of halogens is 1. The van der Waals surface area contributed by atoms with Crippen molar-refractivity contribution in [1.29, 1.82) is 0 Å². The van der Waals surface area contributed by atoms with E-state index in [2.05, 4.69) is 40.1 Å². The van der Waals surface area contributed by atoms with E-state index in [-0.39, 0.29) is 28.8 Å². The number of aromatic nitrogens is 1. The van der Waals surface area contributed by atoms with E-state index in [0.717, 1.165) is 16.7 Å². The molecule has 4 rings (SSSR count). The quantitative estimate of drug-likeness (QED) is 0.195. The second-order valence-corrected chi connectivity index (χ2v) is 10.7. The smallest absolute Gasteiger partial charge is 0.273 e. The molecule has 4 N–H and O–H groups in total. The number of hydrogen-bond donors (Lipinski definition) is 3. The number of carbonyl (C=O) groups is 2. The molecule has 2 amide bonds. The molecule has 216 valence electrons. The predicted octanol–water partition coefficient (Wildman–Crippen LogP) is 4.34. The molecule has 1 aliphatic carbocycles. The number of alkyl halides is 1. The molecular formula is C32H38ClN5O3. The first-order chi connectivity index (χ1) is 20.0. The van der Waals surface area contributed by atoms with Crippen molar-refractivity contribution in [2.45, 2.75) is 36.6 Å². The highest BCUT2D eigenvalue weighted by atomic mass is 35.5. The van der Waals surface area contributed by atoms with Crippen LogP contribution in [0.2, 0.25) is 0 Å². The Balaban J connectivity index is 1.32. The molecule has 2 atom stereocenters. The zero-order valence-corrected chi connectivity index (χ0v) is 24.1. The van der Waals surface area contributed by atoms with Crippen LogP contribution in [0.15, 0.2) is 89.5 Å². The predicted molar refractivity (Wildman–Crippen MR) is 163 cm³/mol. The first kappa shape index (κ1) is 30.2. The van der Waals surface area contributed by atoms with Gasteiger partial charge in [0.1, 0.15) is 0 Å². The van der Waals surface area contributed by atoms with E-state index in [1.54, 1.807) is 11.0 Å². The summed E-state index contributed by atoms with van der Waals surface area (Å²) < 4.78 is 5.35. The third kappa shape index (κ3) is 8.63. The van der Waals surface area contributed by atoms with Crippen LogP contribution in [0.1, 0.15) is 52.6 Å². The number of rotatable bonds is 14. The molecule has 1 aliphatic rings. The van der Waals surface area contributed by atoms with Gasteiger partial charge in [0.25, 0.3) is 5.91 Å². The van der Waals surface area contributed by atoms with E-state index in [1.807, 2.05) is 61.7 Å². The maximum Gasteiger partial charge on any atom is 0.273 e. The molecule has 0 spiro atoms. The first-order valence-electron chi connectivity index (χ1n) is 14.0. The van der Waals surface area contributed by atoms with Crippen molar-refractivity contribution in [3.05, 3.63) is 108 Å². The van der Waals surface area contributed by atoms with Crippen molar-refractivity contribution in [2.24, 2.45) is 5.73 Å². The van der Waals surface area contributed by atoms with Crippen molar-refractivity contribution < 1.29 is 14.1 Å². The van der Waals surface area contributed by atoms with E-state index in [0.29, 0.717) is 51.2 Å². The van der Waals surface area contributed by atoms with Crippen molar-refractivity contribution in [1.82, 2.24) is 20.7 Å². The highest BCUT2D eigenvalue weighted by molar-refractivity contribution is 6.22. The van der Waals surface area contributed by atoms with Crippen molar-refractivity contribution in [2.75, 3.05) is 33.2 Å². The average Bonchev–Trinajstić information content (AvgIpc) is 3.51. The third-order valence-corrected chi connectivity index (χ3v) is 7.43. The summed E-state index contributed by atoms with van der Waals surface area (Å²) in [7, 11) is 1.84. The molecule has 1 aromatic heterocycles. The minimum Gasteiger partial charge on any atom is -0.356 e. The number of hydrogen-bond acceptors (Lipinski definition) is 6. The normalized spacial score (nSPS) is 15.4. The summed E-state index contributed by atoms with van der Waals surface area (Å²) in [6.45, 7) is 1.77. The molecular weight excluding hydrogens is 538 g/mol. The lowest BCUT2D eigenvalue weighted by molar-refractivity contribution is -0.132. The molecule has 3 aromatic rings. The minimum absolute atomic E-state index is 0.00391. The van der Waals surface area contributed by atoms with Crippen LogP contribution in [0.25, 0.3) is 5.57 Å². The molecule has 8 nitrogen and oxygen atoms in total. The Hall–Kier alpha value is -3.72. The van der Waals surface area contributed by atoms with Gasteiger partial charge in [-0.1, -0.05) is 84.0 Å². The third-order valence-electron chi connectivity index (χ3n) is 7.11. The Kier molecular flexibility index (Phi) is 11.3. The number of allylic oxidation sites excluding steroid dienone is 4. The fourth-order valence-corrected chi connectivity index (χ4v) is 5.01. The van der Waals surface area contributed by atoms with Gasteiger partial charge in [0.2, 0.25) is 5.91 Å². The monoisotopic (exact) mass is 575 g/mol. The fraction of sp³-hybridized carbons (Fsp3) is 0.344. The van der Waals surface area contributed by atoms with Crippen molar-refractivity contribution in [3.8, 4) is 0 Å². The van der Waals surface area contributed by atoms with Gasteiger partial charge in [0.05, 0.1) is 11.4 Å². The Bertz CT molecular complexity index is 1290. The van der Waals surface area contributed by atoms with Gasteiger partial charge in [-0.15, -0.1) is 11.6 Å². The number of carbonyl (C=O) groups excluding carboxylic acids is 2. The summed E-state index contributed by atoms with van der Waals surface area (Å²) in [6.07, 6.45) is 7.72. The van der Waals surface area contributed by atoms with E-state index in [4.69, 9.17) is 21.9 Å². The van der Waals surface area contributed by atoms with E-state index >= 15 is 0 Å². The molecule has 41 heavy (non-hydrogen) atoms. The van der Waals surface area contributed by atoms with Gasteiger partial charge in [-0.3, -0.25) is 9.59 Å². The number of nitrogens with one attached hydrogen (secondary N) is 2. The maximum atomic E-state index is 13.6. The molecule has 0 saturated carbocycles. The molecule has 1 unspecified atom stereocenters. The number of amides is 2. The minimum atomic E-state index is -0.415. The first-order valence-corrected chi connectivity index (χ1v) is 14.5. The van der Waals surface area contributed by atoms with Crippen LogP contribution in [-0.4, -0.2) is 66.5 Å². The van der Waals surface area contributed by atoms with E-state index in [1.165, 1.54) is 0 Å². The lowest BCUT2D eigenvalue weighted by Gasteiger charge is -2.29. The van der Waals surface area contributed by atoms with Gasteiger partial charge in [0.15, 0.2) is 11.5 Å². The molecule has 0 fully saturated rings. The largest absolute Gasteiger partial charge is 0.356 e. The Morgan fingerprint density at radius 3 is 2.39 bits per heavy atom. The highest BCUT2D eigenvalue weighted by Gasteiger charge is 2.25. The summed E-state index contributed by atoms with van der Waals surface area (Å²) in [5, 5.41) is 10.0. The van der Waals surface area contributed by atoms with Crippen LogP contribution in [0.3, 0.4) is 0 Å². The second-order valence-electron chi connectivity index (χ2n) is 10.1. The van der Waals surface area contributed by atoms with E-state index < -0.39 is 6.04 Å².